The number of nitrogens with zero attached hydrogens (tertiary/aromatic N) is 1. The molecule has 4 rings (SSSR count). The molecule has 1 saturated carbocycles. The average Bonchev–Trinajstić information content (AvgIpc) is 2.87. The molecule has 0 saturated heterocycles. The number of hydrogen-bond acceptors (Lipinski definition) is 6. The lowest BCUT2D eigenvalue weighted by Crippen LogP contribution is -2.46. The van der Waals surface area contributed by atoms with Crippen molar-refractivity contribution in [1.82, 2.24) is 10.3 Å². The molecule has 3 N–H and O–H groups in total. The molecule has 3 aromatic rings. The van der Waals surface area contributed by atoms with Crippen molar-refractivity contribution in [1.29, 1.82) is 0 Å². The zero-order chi connectivity index (χ0) is 26.2. The van der Waals surface area contributed by atoms with Gasteiger partial charge in [0.2, 0.25) is 17.7 Å². The van der Waals surface area contributed by atoms with Crippen LogP contribution in [0.4, 0.5) is 5.69 Å². The first kappa shape index (κ1) is 25.7. The van der Waals surface area contributed by atoms with Gasteiger partial charge in [0.15, 0.2) is 0 Å². The molecule has 0 spiro atoms. The molecule has 1 fully saturated rings. The second-order valence-electron chi connectivity index (χ2n) is 8.90. The van der Waals surface area contributed by atoms with Gasteiger partial charge in [-0.25, -0.2) is 9.78 Å². The minimum Gasteiger partial charge on any atom is -0.488 e. The Labute approximate surface area is 214 Å². The SMILES string of the molecule is CC(=O)N[C@H]1CCCCC1Oc1ccc(Oc2ccc(CC(=O)Nc3ccccc3C(=O)O)cn2)cc1. The van der Waals surface area contributed by atoms with Crippen molar-refractivity contribution in [2.24, 2.45) is 0 Å². The van der Waals surface area contributed by atoms with Crippen molar-refractivity contribution in [2.75, 3.05) is 5.32 Å². The Morgan fingerprint density at radius 2 is 1.70 bits per heavy atom. The molecular formula is C28H29N3O6. The zero-order valence-corrected chi connectivity index (χ0v) is 20.5. The van der Waals surface area contributed by atoms with Crippen LogP contribution < -0.4 is 20.1 Å². The van der Waals surface area contributed by atoms with Crippen molar-refractivity contribution in [3.63, 3.8) is 0 Å². The van der Waals surface area contributed by atoms with Gasteiger partial charge in [-0.05, 0) is 61.2 Å². The maximum absolute atomic E-state index is 12.4. The molecule has 9 heteroatoms. The molecule has 2 amide bonds. The third kappa shape index (κ3) is 7.30. The number of anilines is 1. The monoisotopic (exact) mass is 503 g/mol. The van der Waals surface area contributed by atoms with Crippen molar-refractivity contribution in [3.05, 3.63) is 78.0 Å². The highest BCUT2D eigenvalue weighted by molar-refractivity contribution is 6.00. The maximum Gasteiger partial charge on any atom is 0.337 e. The fraction of sp³-hybridized carbons (Fsp3) is 0.286. The average molecular weight is 504 g/mol. The molecule has 0 bridgehead atoms. The molecule has 0 radical (unpaired) electrons. The van der Waals surface area contributed by atoms with Crippen LogP contribution in [0, 0.1) is 0 Å². The van der Waals surface area contributed by atoms with Gasteiger partial charge in [0.25, 0.3) is 0 Å². The molecule has 37 heavy (non-hydrogen) atoms. The molecule has 1 heterocycles. The van der Waals surface area contributed by atoms with Crippen LogP contribution in [-0.4, -0.2) is 40.0 Å². The quantitative estimate of drug-likeness (QED) is 0.390. The van der Waals surface area contributed by atoms with Crippen LogP contribution in [0.5, 0.6) is 17.4 Å². The number of carbonyl (C=O) groups excluding carboxylic acids is 2. The molecule has 1 aromatic heterocycles. The van der Waals surface area contributed by atoms with Gasteiger partial charge < -0.3 is 25.2 Å². The molecular weight excluding hydrogens is 474 g/mol. The molecule has 2 aromatic carbocycles. The summed E-state index contributed by atoms with van der Waals surface area (Å²) in [6.07, 6.45) is 5.46. The first-order valence-electron chi connectivity index (χ1n) is 12.2. The number of carboxylic acid groups (broad SMARTS) is 1. The third-order valence-corrected chi connectivity index (χ3v) is 6.02. The van der Waals surface area contributed by atoms with Crippen LogP contribution in [0.2, 0.25) is 0 Å². The van der Waals surface area contributed by atoms with E-state index in [0.717, 1.165) is 25.7 Å². The van der Waals surface area contributed by atoms with Crippen molar-refractivity contribution >= 4 is 23.5 Å². The highest BCUT2D eigenvalue weighted by Crippen LogP contribution is 2.27. The Hall–Kier alpha value is -4.40. The highest BCUT2D eigenvalue weighted by atomic mass is 16.5. The smallest absolute Gasteiger partial charge is 0.337 e. The second kappa shape index (κ2) is 12.0. The molecule has 2 atom stereocenters. The predicted octanol–water partition coefficient (Wildman–Crippen LogP) is 4.58. The topological polar surface area (TPSA) is 127 Å². The fourth-order valence-electron chi connectivity index (χ4n) is 4.28. The molecule has 0 aliphatic heterocycles. The number of carboxylic acids is 1. The van der Waals surface area contributed by atoms with Crippen LogP contribution in [0.25, 0.3) is 0 Å². The Kier molecular flexibility index (Phi) is 8.35. The summed E-state index contributed by atoms with van der Waals surface area (Å²) in [4.78, 5) is 39.4. The van der Waals surface area contributed by atoms with E-state index in [4.69, 9.17) is 9.47 Å². The number of para-hydroxylation sites is 1. The minimum atomic E-state index is -1.11. The van der Waals surface area contributed by atoms with Gasteiger partial charge in [0.1, 0.15) is 17.6 Å². The van der Waals surface area contributed by atoms with Crippen LogP contribution in [-0.2, 0) is 16.0 Å². The number of aromatic nitrogens is 1. The number of carbonyl (C=O) groups is 3. The van der Waals surface area contributed by atoms with Crippen LogP contribution in [0.1, 0.15) is 48.5 Å². The highest BCUT2D eigenvalue weighted by Gasteiger charge is 2.27. The number of nitrogens with one attached hydrogen (secondary N) is 2. The Balaban J connectivity index is 1.30. The molecule has 1 aliphatic carbocycles. The summed E-state index contributed by atoms with van der Waals surface area (Å²) in [6, 6.07) is 16.9. The largest absolute Gasteiger partial charge is 0.488 e. The van der Waals surface area contributed by atoms with E-state index in [0.29, 0.717) is 22.9 Å². The third-order valence-electron chi connectivity index (χ3n) is 6.02. The lowest BCUT2D eigenvalue weighted by atomic mass is 9.92. The summed E-state index contributed by atoms with van der Waals surface area (Å²) in [5.74, 6) is 0.144. The minimum absolute atomic E-state index is 0.0129. The number of rotatable bonds is 9. The van der Waals surface area contributed by atoms with E-state index in [-0.39, 0.29) is 41.6 Å². The van der Waals surface area contributed by atoms with Gasteiger partial charge in [0.05, 0.1) is 23.7 Å². The van der Waals surface area contributed by atoms with Gasteiger partial charge in [-0.2, -0.15) is 0 Å². The van der Waals surface area contributed by atoms with E-state index in [2.05, 4.69) is 15.6 Å². The van der Waals surface area contributed by atoms with Gasteiger partial charge >= 0.3 is 5.97 Å². The number of ether oxygens (including phenoxy) is 2. The number of hydrogen-bond donors (Lipinski definition) is 3. The second-order valence-corrected chi connectivity index (χ2v) is 8.90. The summed E-state index contributed by atoms with van der Waals surface area (Å²) in [6.45, 7) is 1.52. The van der Waals surface area contributed by atoms with E-state index < -0.39 is 5.97 Å². The summed E-state index contributed by atoms with van der Waals surface area (Å²) in [5, 5.41) is 14.9. The molecule has 1 unspecified atom stereocenters. The Morgan fingerprint density at radius 1 is 0.973 bits per heavy atom. The van der Waals surface area contributed by atoms with Crippen molar-refractivity contribution in [2.45, 2.75) is 51.2 Å². The van der Waals surface area contributed by atoms with E-state index in [1.807, 2.05) is 12.1 Å². The van der Waals surface area contributed by atoms with Crippen molar-refractivity contribution in [3.8, 4) is 17.4 Å². The summed E-state index contributed by atoms with van der Waals surface area (Å²) >= 11 is 0. The van der Waals surface area contributed by atoms with E-state index >= 15 is 0 Å². The zero-order valence-electron chi connectivity index (χ0n) is 20.5. The number of benzene rings is 2. The van der Waals surface area contributed by atoms with E-state index in [1.165, 1.54) is 13.0 Å². The maximum atomic E-state index is 12.4. The van der Waals surface area contributed by atoms with Crippen LogP contribution in [0.15, 0.2) is 66.9 Å². The number of pyridine rings is 1. The van der Waals surface area contributed by atoms with Crippen LogP contribution in [0.3, 0.4) is 0 Å². The number of aromatic carboxylic acids is 1. The van der Waals surface area contributed by atoms with Crippen LogP contribution >= 0.6 is 0 Å². The van der Waals surface area contributed by atoms with E-state index in [1.54, 1.807) is 48.7 Å². The first-order valence-corrected chi connectivity index (χ1v) is 12.2. The predicted molar refractivity (Wildman–Crippen MR) is 137 cm³/mol. The van der Waals surface area contributed by atoms with Gasteiger partial charge in [-0.15, -0.1) is 0 Å². The van der Waals surface area contributed by atoms with E-state index in [9.17, 15) is 19.5 Å². The Bertz CT molecular complexity index is 1240. The summed E-state index contributed by atoms with van der Waals surface area (Å²) in [5.41, 5.74) is 0.928. The van der Waals surface area contributed by atoms with Gasteiger partial charge in [-0.1, -0.05) is 24.6 Å². The molecule has 1 aliphatic rings. The fourth-order valence-corrected chi connectivity index (χ4v) is 4.28. The lowest BCUT2D eigenvalue weighted by molar-refractivity contribution is -0.120. The summed E-state index contributed by atoms with van der Waals surface area (Å²) < 4.78 is 11.9. The molecule has 192 valence electrons. The normalized spacial score (nSPS) is 16.9. The van der Waals surface area contributed by atoms with Crippen molar-refractivity contribution < 1.29 is 29.0 Å². The lowest BCUT2D eigenvalue weighted by Gasteiger charge is -2.32. The number of amides is 2. The Morgan fingerprint density at radius 3 is 2.41 bits per heavy atom. The molecule has 9 nitrogen and oxygen atoms in total. The standard InChI is InChI=1S/C28H29N3O6/c1-18(32)30-24-8-4-5-9-25(24)36-20-11-13-21(14-12-20)37-27-15-10-19(17-29-27)16-26(33)31-23-7-3-2-6-22(23)28(34)35/h2-3,6-7,10-15,17,24-25H,4-5,8-9,16H2,1H3,(H,30,32)(H,31,33)(H,34,35)/t24-,25?/m0/s1. The van der Waals surface area contributed by atoms with Gasteiger partial charge in [-0.3, -0.25) is 9.59 Å². The first-order chi connectivity index (χ1) is 17.9. The van der Waals surface area contributed by atoms with Gasteiger partial charge in [0, 0.05) is 19.2 Å². The summed E-state index contributed by atoms with van der Waals surface area (Å²) in [7, 11) is 0.